The van der Waals surface area contributed by atoms with Crippen LogP contribution in [0.3, 0.4) is 0 Å². The van der Waals surface area contributed by atoms with E-state index in [1.165, 1.54) is 0 Å². The molecule has 0 aromatic heterocycles. The molecule has 1 aliphatic carbocycles. The van der Waals surface area contributed by atoms with E-state index in [4.69, 9.17) is 57.9 Å². The van der Waals surface area contributed by atoms with Crippen LogP contribution in [0.4, 0.5) is 0 Å². The molecule has 0 heterocycles. The molecule has 0 amide bonds. The molecular weight excluding hydrogens is 242 g/mol. The van der Waals surface area contributed by atoms with E-state index in [0.717, 1.165) is 0 Å². The molecule has 4 N–H and O–H groups in total. The van der Waals surface area contributed by atoms with E-state index in [1.54, 1.807) is 0 Å². The summed E-state index contributed by atoms with van der Waals surface area (Å²) < 4.78 is -1.07. The Labute approximate surface area is 91.5 Å². The Bertz CT molecular complexity index is 198. The third-order valence-corrected chi connectivity index (χ3v) is 5.05. The van der Waals surface area contributed by atoms with Crippen molar-refractivity contribution in [3.05, 3.63) is 0 Å². The summed E-state index contributed by atoms with van der Waals surface area (Å²) in [6, 6.07) is 0. The predicted octanol–water partition coefficient (Wildman–Crippen LogP) is 1.44. The van der Waals surface area contributed by atoms with Gasteiger partial charge in [0, 0.05) is 19.5 Å². The molecule has 0 spiro atoms. The van der Waals surface area contributed by atoms with Crippen molar-refractivity contribution < 1.29 is 0 Å². The van der Waals surface area contributed by atoms with Gasteiger partial charge in [0.1, 0.15) is 9.21 Å². The van der Waals surface area contributed by atoms with Crippen molar-refractivity contribution in [2.24, 2.45) is 11.5 Å². The summed E-state index contributed by atoms with van der Waals surface area (Å²) in [6.45, 7) is 0.332. The molecule has 1 fully saturated rings. The second kappa shape index (κ2) is 3.04. The van der Waals surface area contributed by atoms with Gasteiger partial charge in [0.05, 0.1) is 4.87 Å². The van der Waals surface area contributed by atoms with Crippen LogP contribution in [0.2, 0.25) is 0 Å². The third-order valence-electron chi connectivity index (χ3n) is 2.40. The predicted molar refractivity (Wildman–Crippen MR) is 54.3 cm³/mol. The van der Waals surface area contributed by atoms with Gasteiger partial charge in [-0.2, -0.15) is 0 Å². The number of alkyl halides is 4. The van der Waals surface area contributed by atoms with Crippen molar-refractivity contribution in [2.45, 2.75) is 20.5 Å². The highest BCUT2D eigenvalue weighted by Gasteiger charge is 2.71. The zero-order valence-corrected chi connectivity index (χ0v) is 9.31. The van der Waals surface area contributed by atoms with E-state index in [1.807, 2.05) is 0 Å². The molecule has 72 valence electrons. The number of hydrogen-bond acceptors (Lipinski definition) is 2. The summed E-state index contributed by atoms with van der Waals surface area (Å²) in [4.78, 5) is -1.79. The molecule has 0 aromatic rings. The maximum absolute atomic E-state index is 6.09. The Kier molecular flexibility index (Phi) is 2.83. The second-order valence-corrected chi connectivity index (χ2v) is 5.91. The molecule has 2 unspecified atom stereocenters. The van der Waals surface area contributed by atoms with E-state index < -0.39 is 14.1 Å². The number of halogens is 4. The molecule has 0 saturated heterocycles. The van der Waals surface area contributed by atoms with Crippen molar-refractivity contribution in [3.8, 4) is 0 Å². The lowest BCUT2D eigenvalue weighted by Crippen LogP contribution is -2.74. The summed E-state index contributed by atoms with van der Waals surface area (Å²) >= 11 is 23.9. The molecule has 0 bridgehead atoms. The molecule has 12 heavy (non-hydrogen) atoms. The van der Waals surface area contributed by atoms with Crippen LogP contribution in [-0.4, -0.2) is 27.2 Å². The molecule has 2 atom stereocenters. The topological polar surface area (TPSA) is 52.0 Å². The van der Waals surface area contributed by atoms with Crippen LogP contribution in [0.15, 0.2) is 0 Å². The fraction of sp³-hybridized carbons (Fsp3) is 1.00. The van der Waals surface area contributed by atoms with E-state index in [9.17, 15) is 0 Å². The van der Waals surface area contributed by atoms with Crippen LogP contribution in [0.5, 0.6) is 0 Å². The summed E-state index contributed by atoms with van der Waals surface area (Å²) in [7, 11) is 0. The highest BCUT2D eigenvalue weighted by atomic mass is 35.5. The van der Waals surface area contributed by atoms with Gasteiger partial charge in [-0.25, -0.2) is 0 Å². The van der Waals surface area contributed by atoms with Gasteiger partial charge in [-0.3, -0.25) is 0 Å². The maximum atomic E-state index is 6.09. The van der Waals surface area contributed by atoms with Crippen molar-refractivity contribution in [2.75, 3.05) is 13.1 Å². The fourth-order valence-corrected chi connectivity index (χ4v) is 3.27. The average molecular weight is 252 g/mol. The van der Waals surface area contributed by atoms with E-state index >= 15 is 0 Å². The second-order valence-electron chi connectivity index (χ2n) is 3.06. The summed E-state index contributed by atoms with van der Waals surface area (Å²) in [5, 5.41) is 0. The fourth-order valence-electron chi connectivity index (χ4n) is 1.42. The molecular formula is C6H10Cl4N2. The minimum absolute atomic E-state index is 0.113. The molecule has 2 nitrogen and oxygen atoms in total. The molecule has 1 rings (SSSR count). The third kappa shape index (κ3) is 1.17. The first kappa shape index (κ1) is 11.2. The van der Waals surface area contributed by atoms with Crippen LogP contribution in [-0.2, 0) is 0 Å². The molecule has 0 aliphatic heterocycles. The largest absolute Gasteiger partial charge is 0.329 e. The summed E-state index contributed by atoms with van der Waals surface area (Å²) in [5.74, 6) is 0. The smallest absolute Gasteiger partial charge is 0.142 e. The maximum Gasteiger partial charge on any atom is 0.142 e. The van der Waals surface area contributed by atoms with E-state index in [2.05, 4.69) is 0 Å². The van der Waals surface area contributed by atoms with E-state index in [-0.39, 0.29) is 13.1 Å². The van der Waals surface area contributed by atoms with Crippen LogP contribution >= 0.6 is 46.4 Å². The van der Waals surface area contributed by atoms with Gasteiger partial charge in [-0.1, -0.05) is 23.2 Å². The molecule has 0 aromatic carbocycles. The zero-order valence-electron chi connectivity index (χ0n) is 6.29. The number of nitrogens with two attached hydrogens (primary N) is 2. The lowest BCUT2D eigenvalue weighted by atomic mass is 9.70. The van der Waals surface area contributed by atoms with Crippen molar-refractivity contribution in [1.82, 2.24) is 0 Å². The molecule has 1 saturated carbocycles. The first-order valence-electron chi connectivity index (χ1n) is 3.49. The zero-order chi connectivity index (χ0) is 9.62. The van der Waals surface area contributed by atoms with Gasteiger partial charge in [0.15, 0.2) is 0 Å². The SMILES string of the molecule is NCC1(Cl)CC(Cl)(Cl)C1(Cl)CN. The van der Waals surface area contributed by atoms with Gasteiger partial charge >= 0.3 is 0 Å². The number of rotatable bonds is 2. The summed E-state index contributed by atoms with van der Waals surface area (Å²) in [5.41, 5.74) is 10.9. The van der Waals surface area contributed by atoms with Gasteiger partial charge in [-0.05, 0) is 0 Å². The van der Waals surface area contributed by atoms with Crippen molar-refractivity contribution in [3.63, 3.8) is 0 Å². The Morgan fingerprint density at radius 3 is 1.67 bits per heavy atom. The standard InChI is InChI=1S/C6H10Cl4N2/c7-4(2-11)1-6(9,10)5(4,8)3-12/h1-3,11-12H2. The Hall–Kier alpha value is 1.08. The molecule has 6 heteroatoms. The van der Waals surface area contributed by atoms with Crippen LogP contribution in [0.1, 0.15) is 6.42 Å². The van der Waals surface area contributed by atoms with Gasteiger partial charge in [0.2, 0.25) is 0 Å². The van der Waals surface area contributed by atoms with Crippen LogP contribution in [0, 0.1) is 0 Å². The lowest BCUT2D eigenvalue weighted by molar-refractivity contribution is 0.233. The minimum atomic E-state index is -1.07. The first-order chi connectivity index (χ1) is 5.33. The minimum Gasteiger partial charge on any atom is -0.329 e. The van der Waals surface area contributed by atoms with Gasteiger partial charge < -0.3 is 11.5 Å². The molecule has 0 radical (unpaired) electrons. The first-order valence-corrected chi connectivity index (χ1v) is 5.00. The Morgan fingerprint density at radius 1 is 1.00 bits per heavy atom. The highest BCUT2D eigenvalue weighted by molar-refractivity contribution is 6.58. The molecule has 1 aliphatic rings. The summed E-state index contributed by atoms with van der Waals surface area (Å²) in [6.07, 6.45) is 0.363. The van der Waals surface area contributed by atoms with Crippen LogP contribution in [0.25, 0.3) is 0 Å². The average Bonchev–Trinajstić information content (AvgIpc) is 2.01. The monoisotopic (exact) mass is 250 g/mol. The normalized spacial score (nSPS) is 45.5. The van der Waals surface area contributed by atoms with E-state index in [0.29, 0.717) is 6.42 Å². The lowest BCUT2D eigenvalue weighted by Gasteiger charge is -2.59. The highest BCUT2D eigenvalue weighted by Crippen LogP contribution is 2.63. The Morgan fingerprint density at radius 2 is 1.50 bits per heavy atom. The van der Waals surface area contributed by atoms with Crippen molar-refractivity contribution >= 4 is 46.4 Å². The van der Waals surface area contributed by atoms with Crippen molar-refractivity contribution in [1.29, 1.82) is 0 Å². The van der Waals surface area contributed by atoms with Crippen LogP contribution < -0.4 is 11.5 Å². The number of hydrogen-bond donors (Lipinski definition) is 2. The van der Waals surface area contributed by atoms with Gasteiger partial charge in [-0.15, -0.1) is 23.2 Å². The van der Waals surface area contributed by atoms with Gasteiger partial charge in [0.25, 0.3) is 0 Å². The Balaban J connectivity index is 2.90. The quantitative estimate of drug-likeness (QED) is 0.730.